The lowest BCUT2D eigenvalue weighted by Gasteiger charge is -2.31. The van der Waals surface area contributed by atoms with Crippen molar-refractivity contribution < 1.29 is 17.9 Å². The molecule has 0 radical (unpaired) electrons. The van der Waals surface area contributed by atoms with E-state index in [1.165, 1.54) is 48.0 Å². The topological polar surface area (TPSA) is 31.8 Å². The maximum atomic E-state index is 12.5. The lowest BCUT2D eigenvalue weighted by molar-refractivity contribution is -0.274. The standard InChI is InChI=1S/C27H31F3N4O/c1-26(2)18-33(21-9-11-22(12-10-21)35-27(28,29)30)19-34(26)17-20-13-14-31-25-23(20)7-6-8-24(25)32-15-4-3-5-16-32/h6-14H,3-5,15-19H2,1-2H3. The third-order valence-electron chi connectivity index (χ3n) is 7.11. The Balaban J connectivity index is 1.36. The molecule has 2 aliphatic rings. The summed E-state index contributed by atoms with van der Waals surface area (Å²) in [6.07, 6.45) is 0.952. The number of rotatable bonds is 5. The maximum Gasteiger partial charge on any atom is 0.573 e. The molecule has 0 atom stereocenters. The van der Waals surface area contributed by atoms with Crippen molar-refractivity contribution in [1.29, 1.82) is 0 Å². The fraction of sp³-hybridized carbons (Fsp3) is 0.444. The molecule has 0 amide bonds. The fourth-order valence-electron chi connectivity index (χ4n) is 5.26. The number of halogens is 3. The van der Waals surface area contributed by atoms with Gasteiger partial charge in [0.25, 0.3) is 0 Å². The van der Waals surface area contributed by atoms with Crippen LogP contribution in [0, 0.1) is 0 Å². The van der Waals surface area contributed by atoms with Crippen LogP contribution in [0.3, 0.4) is 0 Å². The van der Waals surface area contributed by atoms with Crippen molar-refractivity contribution in [3.8, 4) is 5.75 Å². The van der Waals surface area contributed by atoms with E-state index < -0.39 is 6.36 Å². The van der Waals surface area contributed by atoms with Crippen molar-refractivity contribution in [2.75, 3.05) is 36.1 Å². The smallest absolute Gasteiger partial charge is 0.406 e. The molecule has 0 unspecified atom stereocenters. The van der Waals surface area contributed by atoms with Crippen molar-refractivity contribution in [1.82, 2.24) is 9.88 Å². The molecule has 186 valence electrons. The minimum absolute atomic E-state index is 0.110. The molecule has 5 rings (SSSR count). The summed E-state index contributed by atoms with van der Waals surface area (Å²) < 4.78 is 41.5. The molecule has 0 spiro atoms. The molecule has 2 aliphatic heterocycles. The molecular formula is C27H31F3N4O. The summed E-state index contributed by atoms with van der Waals surface area (Å²) in [7, 11) is 0. The van der Waals surface area contributed by atoms with Crippen molar-refractivity contribution in [3.63, 3.8) is 0 Å². The highest BCUT2D eigenvalue weighted by atomic mass is 19.4. The summed E-state index contributed by atoms with van der Waals surface area (Å²) in [5.74, 6) is -0.204. The molecule has 2 fully saturated rings. The quantitative estimate of drug-likeness (QED) is 0.432. The molecular weight excluding hydrogens is 453 g/mol. The molecule has 2 aromatic carbocycles. The van der Waals surface area contributed by atoms with E-state index in [9.17, 15) is 13.2 Å². The zero-order valence-corrected chi connectivity index (χ0v) is 20.2. The Bertz CT molecular complexity index is 1170. The van der Waals surface area contributed by atoms with E-state index in [0.29, 0.717) is 6.67 Å². The number of aromatic nitrogens is 1. The van der Waals surface area contributed by atoms with Crippen molar-refractivity contribution in [3.05, 3.63) is 60.3 Å². The first-order valence-electron chi connectivity index (χ1n) is 12.2. The Morgan fingerprint density at radius 3 is 2.40 bits per heavy atom. The number of piperidine rings is 1. The average molecular weight is 485 g/mol. The molecule has 1 aromatic heterocycles. The molecule has 35 heavy (non-hydrogen) atoms. The number of ether oxygens (including phenoxy) is 1. The van der Waals surface area contributed by atoms with Crippen LogP contribution in [0.1, 0.15) is 38.7 Å². The predicted molar refractivity (Wildman–Crippen MR) is 133 cm³/mol. The van der Waals surface area contributed by atoms with Crippen LogP contribution in [0.4, 0.5) is 24.5 Å². The van der Waals surface area contributed by atoms with Crippen molar-refractivity contribution >= 4 is 22.3 Å². The van der Waals surface area contributed by atoms with Gasteiger partial charge in [0.2, 0.25) is 0 Å². The van der Waals surface area contributed by atoms with Crippen LogP contribution in [-0.2, 0) is 6.54 Å². The maximum absolute atomic E-state index is 12.5. The first-order chi connectivity index (χ1) is 16.7. The highest BCUT2D eigenvalue weighted by Crippen LogP contribution is 2.34. The summed E-state index contributed by atoms with van der Waals surface area (Å²) in [5, 5.41) is 1.18. The van der Waals surface area contributed by atoms with E-state index in [0.717, 1.165) is 37.4 Å². The Morgan fingerprint density at radius 2 is 1.69 bits per heavy atom. The van der Waals surface area contributed by atoms with Crippen molar-refractivity contribution in [2.45, 2.75) is 51.6 Å². The van der Waals surface area contributed by atoms with Gasteiger partial charge in [-0.15, -0.1) is 13.2 Å². The highest BCUT2D eigenvalue weighted by molar-refractivity contribution is 5.93. The lowest BCUT2D eigenvalue weighted by Crippen LogP contribution is -2.39. The first kappa shape index (κ1) is 23.7. The number of fused-ring (bicyclic) bond motifs is 1. The number of alkyl halides is 3. The predicted octanol–water partition coefficient (Wildman–Crippen LogP) is 6.18. The molecule has 0 N–H and O–H groups in total. The minimum Gasteiger partial charge on any atom is -0.406 e. The SMILES string of the molecule is CC1(C)CN(c2ccc(OC(F)(F)F)cc2)CN1Cc1ccnc2c(N3CCCCC3)cccc12. The fourth-order valence-corrected chi connectivity index (χ4v) is 5.26. The number of pyridine rings is 1. The van der Waals surface area contributed by atoms with E-state index in [4.69, 9.17) is 4.98 Å². The third-order valence-corrected chi connectivity index (χ3v) is 7.11. The number of hydrogen-bond donors (Lipinski definition) is 0. The molecule has 3 heterocycles. The third kappa shape index (κ3) is 5.17. The molecule has 2 saturated heterocycles. The van der Waals surface area contributed by atoms with Crippen LogP contribution in [0.5, 0.6) is 5.75 Å². The normalized spacial score (nSPS) is 18.9. The van der Waals surface area contributed by atoms with Gasteiger partial charge in [0.05, 0.1) is 17.9 Å². The summed E-state index contributed by atoms with van der Waals surface area (Å²) in [6, 6.07) is 14.7. The molecule has 5 nitrogen and oxygen atoms in total. The molecule has 0 aliphatic carbocycles. The minimum atomic E-state index is -4.69. The van der Waals surface area contributed by atoms with E-state index in [2.05, 4.69) is 57.5 Å². The average Bonchev–Trinajstić information content (AvgIpc) is 3.13. The number of anilines is 2. The highest BCUT2D eigenvalue weighted by Gasteiger charge is 2.37. The van der Waals surface area contributed by atoms with Gasteiger partial charge in [-0.1, -0.05) is 12.1 Å². The summed E-state index contributed by atoms with van der Waals surface area (Å²) in [4.78, 5) is 11.8. The number of hydrogen-bond acceptors (Lipinski definition) is 5. The van der Waals surface area contributed by atoms with Gasteiger partial charge in [0, 0.05) is 49.0 Å². The summed E-state index contributed by atoms with van der Waals surface area (Å²) >= 11 is 0. The van der Waals surface area contributed by atoms with Crippen LogP contribution in [-0.4, -0.2) is 48.1 Å². The van der Waals surface area contributed by atoms with Crippen molar-refractivity contribution in [2.24, 2.45) is 0 Å². The van der Waals surface area contributed by atoms with Gasteiger partial charge in [-0.2, -0.15) is 0 Å². The lowest BCUT2D eigenvalue weighted by atomic mass is 10.0. The number of para-hydroxylation sites is 1. The van der Waals surface area contributed by atoms with Gasteiger partial charge in [-0.3, -0.25) is 9.88 Å². The molecule has 8 heteroatoms. The van der Waals surface area contributed by atoms with Gasteiger partial charge < -0.3 is 14.5 Å². The second-order valence-corrected chi connectivity index (χ2v) is 10.1. The van der Waals surface area contributed by atoms with Gasteiger partial charge in [0.1, 0.15) is 5.75 Å². The van der Waals surface area contributed by atoms with Gasteiger partial charge >= 0.3 is 6.36 Å². The second kappa shape index (κ2) is 9.22. The summed E-state index contributed by atoms with van der Waals surface area (Å²) in [5.41, 5.74) is 4.27. The molecule has 3 aromatic rings. The zero-order chi connectivity index (χ0) is 24.6. The van der Waals surface area contributed by atoms with E-state index in [1.807, 2.05) is 6.20 Å². The Labute approximate surface area is 204 Å². The zero-order valence-electron chi connectivity index (χ0n) is 20.2. The Morgan fingerprint density at radius 1 is 0.943 bits per heavy atom. The van der Waals surface area contributed by atoms with E-state index in [1.54, 1.807) is 12.1 Å². The van der Waals surface area contributed by atoms with Crippen LogP contribution < -0.4 is 14.5 Å². The van der Waals surface area contributed by atoms with E-state index in [-0.39, 0.29) is 11.3 Å². The van der Waals surface area contributed by atoms with Crippen LogP contribution >= 0.6 is 0 Å². The first-order valence-corrected chi connectivity index (χ1v) is 12.2. The monoisotopic (exact) mass is 484 g/mol. The molecule has 0 saturated carbocycles. The Hall–Kier alpha value is -3.00. The summed E-state index contributed by atoms with van der Waals surface area (Å²) in [6.45, 7) is 8.78. The van der Waals surface area contributed by atoms with Gasteiger partial charge in [-0.25, -0.2) is 0 Å². The van der Waals surface area contributed by atoms with Crippen LogP contribution in [0.25, 0.3) is 10.9 Å². The number of nitrogens with zero attached hydrogens (tertiary/aromatic N) is 4. The van der Waals surface area contributed by atoms with Gasteiger partial charge in [-0.05, 0) is 75.1 Å². The van der Waals surface area contributed by atoms with E-state index >= 15 is 0 Å². The van der Waals surface area contributed by atoms with Crippen LogP contribution in [0.15, 0.2) is 54.7 Å². The second-order valence-electron chi connectivity index (χ2n) is 10.1. The Kier molecular flexibility index (Phi) is 6.25. The number of benzene rings is 2. The molecule has 0 bridgehead atoms. The van der Waals surface area contributed by atoms with Gasteiger partial charge in [0.15, 0.2) is 0 Å². The largest absolute Gasteiger partial charge is 0.573 e. The van der Waals surface area contributed by atoms with Crippen LogP contribution in [0.2, 0.25) is 0 Å².